The average Bonchev–Trinajstić information content (AvgIpc) is 2.55. The molecule has 1 heterocycles. The van der Waals surface area contributed by atoms with E-state index in [0.29, 0.717) is 6.54 Å². The van der Waals surface area contributed by atoms with E-state index in [2.05, 4.69) is 28.9 Å². The zero-order chi connectivity index (χ0) is 14.7. The summed E-state index contributed by atoms with van der Waals surface area (Å²) in [7, 11) is 0. The predicted octanol–water partition coefficient (Wildman–Crippen LogP) is 2.39. The lowest BCUT2D eigenvalue weighted by atomic mass is 9.90. The molecule has 1 fully saturated rings. The molecule has 21 heavy (non-hydrogen) atoms. The van der Waals surface area contributed by atoms with Gasteiger partial charge in [-0.05, 0) is 49.4 Å². The van der Waals surface area contributed by atoms with E-state index in [0.717, 1.165) is 44.7 Å². The molecule has 1 aliphatic carbocycles. The Morgan fingerprint density at radius 3 is 2.38 bits per heavy atom. The van der Waals surface area contributed by atoms with Crippen molar-refractivity contribution >= 4 is 5.78 Å². The summed E-state index contributed by atoms with van der Waals surface area (Å²) >= 11 is 0. The predicted molar refractivity (Wildman–Crippen MR) is 86.0 cm³/mol. The molecule has 0 saturated carbocycles. The van der Waals surface area contributed by atoms with Crippen LogP contribution < -0.4 is 0 Å². The van der Waals surface area contributed by atoms with Gasteiger partial charge in [0.05, 0.1) is 6.54 Å². The fraction of sp³-hybridized carbons (Fsp3) is 0.611. The Balaban J connectivity index is 1.60. The minimum Gasteiger partial charge on any atom is -0.301 e. The molecule has 0 aromatic heterocycles. The van der Waals surface area contributed by atoms with E-state index in [1.54, 1.807) is 0 Å². The van der Waals surface area contributed by atoms with Crippen LogP contribution in [0.3, 0.4) is 0 Å². The van der Waals surface area contributed by atoms with Crippen molar-refractivity contribution in [2.75, 3.05) is 39.3 Å². The number of aryl methyl sites for hydroxylation is 2. The standard InChI is InChI=1S/C18H26N2O/c1-2-19-9-11-20(12-10-19)14-18(21)17-8-7-15-5-3-4-6-16(15)13-17/h7-8,13H,2-6,9-12,14H2,1H3. The molecular weight excluding hydrogens is 260 g/mol. The number of piperazine rings is 1. The number of benzene rings is 1. The first-order valence-corrected chi connectivity index (χ1v) is 8.36. The van der Waals surface area contributed by atoms with Gasteiger partial charge in [0.15, 0.2) is 5.78 Å². The number of carbonyl (C=O) groups excluding carboxylic acids is 1. The summed E-state index contributed by atoms with van der Waals surface area (Å²) in [5.41, 5.74) is 3.77. The number of fused-ring (bicyclic) bond motifs is 1. The van der Waals surface area contributed by atoms with Gasteiger partial charge in [-0.2, -0.15) is 0 Å². The van der Waals surface area contributed by atoms with Gasteiger partial charge in [0.2, 0.25) is 0 Å². The number of hydrogen-bond donors (Lipinski definition) is 0. The summed E-state index contributed by atoms with van der Waals surface area (Å²) in [6.07, 6.45) is 4.89. The topological polar surface area (TPSA) is 23.6 Å². The Morgan fingerprint density at radius 1 is 1.00 bits per heavy atom. The van der Waals surface area contributed by atoms with Crippen LogP contribution in [0.25, 0.3) is 0 Å². The minimum atomic E-state index is 0.285. The first-order chi connectivity index (χ1) is 10.3. The highest BCUT2D eigenvalue weighted by molar-refractivity contribution is 5.97. The van der Waals surface area contributed by atoms with E-state index in [9.17, 15) is 4.79 Å². The van der Waals surface area contributed by atoms with Crippen LogP contribution in [0, 0.1) is 0 Å². The van der Waals surface area contributed by atoms with Crippen LogP contribution >= 0.6 is 0 Å². The average molecular weight is 286 g/mol. The molecule has 2 aliphatic rings. The van der Waals surface area contributed by atoms with Crippen LogP contribution in [-0.4, -0.2) is 54.9 Å². The van der Waals surface area contributed by atoms with Crippen LogP contribution in [0.15, 0.2) is 18.2 Å². The van der Waals surface area contributed by atoms with Gasteiger partial charge in [0, 0.05) is 31.7 Å². The molecule has 1 aliphatic heterocycles. The lowest BCUT2D eigenvalue weighted by Crippen LogP contribution is -2.47. The molecule has 0 amide bonds. The zero-order valence-corrected chi connectivity index (χ0v) is 13.1. The maximum atomic E-state index is 12.5. The van der Waals surface area contributed by atoms with E-state index in [-0.39, 0.29) is 5.78 Å². The van der Waals surface area contributed by atoms with Crippen LogP contribution in [-0.2, 0) is 12.8 Å². The molecule has 1 saturated heterocycles. The van der Waals surface area contributed by atoms with E-state index in [4.69, 9.17) is 0 Å². The molecule has 0 N–H and O–H groups in total. The van der Waals surface area contributed by atoms with Crippen LogP contribution in [0.1, 0.15) is 41.3 Å². The summed E-state index contributed by atoms with van der Waals surface area (Å²) in [4.78, 5) is 17.2. The van der Waals surface area contributed by atoms with Crippen LogP contribution in [0.5, 0.6) is 0 Å². The second-order valence-electron chi connectivity index (χ2n) is 6.32. The van der Waals surface area contributed by atoms with Crippen molar-refractivity contribution in [3.8, 4) is 0 Å². The van der Waals surface area contributed by atoms with Crippen molar-refractivity contribution in [1.29, 1.82) is 0 Å². The van der Waals surface area contributed by atoms with Gasteiger partial charge in [-0.15, -0.1) is 0 Å². The molecule has 1 aromatic carbocycles. The molecule has 3 heteroatoms. The van der Waals surface area contributed by atoms with Crippen molar-refractivity contribution in [1.82, 2.24) is 9.80 Å². The van der Waals surface area contributed by atoms with E-state index < -0.39 is 0 Å². The molecule has 3 nitrogen and oxygen atoms in total. The summed E-state index contributed by atoms with van der Waals surface area (Å²) in [5.74, 6) is 0.285. The molecule has 114 valence electrons. The molecule has 0 atom stereocenters. The molecule has 0 unspecified atom stereocenters. The lowest BCUT2D eigenvalue weighted by Gasteiger charge is -2.33. The number of likely N-dealkylation sites (N-methyl/N-ethyl adjacent to an activating group) is 1. The molecule has 1 aromatic rings. The largest absolute Gasteiger partial charge is 0.301 e. The van der Waals surface area contributed by atoms with Crippen LogP contribution in [0.4, 0.5) is 0 Å². The van der Waals surface area contributed by atoms with Gasteiger partial charge in [0.25, 0.3) is 0 Å². The van der Waals surface area contributed by atoms with Crippen molar-refractivity contribution in [2.45, 2.75) is 32.6 Å². The second-order valence-corrected chi connectivity index (χ2v) is 6.32. The van der Waals surface area contributed by atoms with Crippen molar-refractivity contribution in [2.24, 2.45) is 0 Å². The number of nitrogens with zero attached hydrogens (tertiary/aromatic N) is 2. The number of ketones is 1. The van der Waals surface area contributed by atoms with Gasteiger partial charge < -0.3 is 4.90 Å². The number of hydrogen-bond acceptors (Lipinski definition) is 3. The summed E-state index contributed by atoms with van der Waals surface area (Å²) in [6, 6.07) is 6.37. The van der Waals surface area contributed by atoms with Gasteiger partial charge in [-0.25, -0.2) is 0 Å². The summed E-state index contributed by atoms with van der Waals surface area (Å²) in [5, 5.41) is 0. The number of Topliss-reactive ketones (excluding diaryl/α,β-unsaturated/α-hetero) is 1. The minimum absolute atomic E-state index is 0.285. The zero-order valence-electron chi connectivity index (χ0n) is 13.1. The number of carbonyl (C=O) groups is 1. The first-order valence-electron chi connectivity index (χ1n) is 8.36. The highest BCUT2D eigenvalue weighted by Crippen LogP contribution is 2.22. The number of rotatable bonds is 4. The van der Waals surface area contributed by atoms with Gasteiger partial charge in [-0.1, -0.05) is 19.1 Å². The summed E-state index contributed by atoms with van der Waals surface area (Å²) in [6.45, 7) is 8.12. The molecule has 0 spiro atoms. The van der Waals surface area contributed by atoms with E-state index >= 15 is 0 Å². The maximum absolute atomic E-state index is 12.5. The molecular formula is C18H26N2O. The van der Waals surface area contributed by atoms with Crippen LogP contribution in [0.2, 0.25) is 0 Å². The summed E-state index contributed by atoms with van der Waals surface area (Å²) < 4.78 is 0. The van der Waals surface area contributed by atoms with E-state index in [1.165, 1.54) is 30.4 Å². The third-order valence-electron chi connectivity index (χ3n) is 4.95. The lowest BCUT2D eigenvalue weighted by molar-refractivity contribution is 0.0859. The highest BCUT2D eigenvalue weighted by atomic mass is 16.1. The quantitative estimate of drug-likeness (QED) is 0.794. The molecule has 3 rings (SSSR count). The third-order valence-corrected chi connectivity index (χ3v) is 4.95. The Morgan fingerprint density at radius 2 is 1.67 bits per heavy atom. The van der Waals surface area contributed by atoms with Crippen molar-refractivity contribution < 1.29 is 4.79 Å². The monoisotopic (exact) mass is 286 g/mol. The maximum Gasteiger partial charge on any atom is 0.176 e. The van der Waals surface area contributed by atoms with E-state index in [1.807, 2.05) is 6.07 Å². The smallest absolute Gasteiger partial charge is 0.176 e. The first kappa shape index (κ1) is 14.7. The fourth-order valence-electron chi connectivity index (χ4n) is 3.46. The Kier molecular flexibility index (Phi) is 4.71. The van der Waals surface area contributed by atoms with Crippen molar-refractivity contribution in [3.05, 3.63) is 34.9 Å². The molecule has 0 radical (unpaired) electrons. The highest BCUT2D eigenvalue weighted by Gasteiger charge is 2.19. The normalized spacial score (nSPS) is 20.2. The molecule has 0 bridgehead atoms. The Bertz CT molecular complexity index is 504. The SMILES string of the molecule is CCN1CCN(CC(=O)c2ccc3c(c2)CCCC3)CC1. The third kappa shape index (κ3) is 3.53. The van der Waals surface area contributed by atoms with Crippen molar-refractivity contribution in [3.63, 3.8) is 0 Å². The fourth-order valence-corrected chi connectivity index (χ4v) is 3.46. The Labute approximate surface area is 127 Å². The van der Waals surface area contributed by atoms with Gasteiger partial charge in [-0.3, -0.25) is 9.69 Å². The van der Waals surface area contributed by atoms with Gasteiger partial charge >= 0.3 is 0 Å². The Hall–Kier alpha value is -1.19. The second kappa shape index (κ2) is 6.71. The van der Waals surface area contributed by atoms with Gasteiger partial charge in [0.1, 0.15) is 0 Å².